The SMILES string of the molecule is CN1CCN(C)P1(=S)Oc1ccccc1. The third-order valence-electron chi connectivity index (χ3n) is 2.58. The zero-order valence-corrected chi connectivity index (χ0v) is 10.7. The summed E-state index contributed by atoms with van der Waals surface area (Å²) in [5.41, 5.74) is 0. The fraction of sp³-hybridized carbons (Fsp3) is 0.400. The van der Waals surface area contributed by atoms with Gasteiger partial charge in [-0.3, -0.25) is 0 Å². The lowest BCUT2D eigenvalue weighted by molar-refractivity contribution is 0.496. The van der Waals surface area contributed by atoms with Crippen molar-refractivity contribution in [2.45, 2.75) is 0 Å². The predicted molar refractivity (Wildman–Crippen MR) is 66.6 cm³/mol. The Hall–Kier alpha value is -0.410. The summed E-state index contributed by atoms with van der Waals surface area (Å²) in [6.45, 7) is -0.000593. The summed E-state index contributed by atoms with van der Waals surface area (Å²) < 4.78 is 10.3. The van der Waals surface area contributed by atoms with Crippen LogP contribution in [0.2, 0.25) is 0 Å². The topological polar surface area (TPSA) is 15.7 Å². The van der Waals surface area contributed by atoms with E-state index in [0.29, 0.717) is 0 Å². The molecule has 0 aliphatic carbocycles. The van der Waals surface area contributed by atoms with Gasteiger partial charge in [0, 0.05) is 13.1 Å². The van der Waals surface area contributed by atoms with E-state index in [1.165, 1.54) is 0 Å². The average molecular weight is 242 g/mol. The fourth-order valence-electron chi connectivity index (χ4n) is 1.56. The standard InChI is InChI=1S/C10H15N2OPS/c1-11-8-9-12(2)14(11,15)13-10-6-4-3-5-7-10/h3-7H,8-9H2,1-2H3. The van der Waals surface area contributed by atoms with Gasteiger partial charge in [-0.1, -0.05) is 18.2 Å². The zero-order chi connectivity index (χ0) is 10.9. The molecule has 0 unspecified atom stereocenters. The van der Waals surface area contributed by atoms with Gasteiger partial charge in [-0.25, -0.2) is 9.34 Å². The number of benzene rings is 1. The van der Waals surface area contributed by atoms with Gasteiger partial charge in [0.1, 0.15) is 5.75 Å². The highest BCUT2D eigenvalue weighted by molar-refractivity contribution is 8.10. The molecule has 1 fully saturated rings. The quantitative estimate of drug-likeness (QED) is 0.738. The van der Waals surface area contributed by atoms with Crippen LogP contribution in [0.25, 0.3) is 0 Å². The van der Waals surface area contributed by atoms with Gasteiger partial charge >= 0.3 is 0 Å². The molecule has 0 atom stereocenters. The van der Waals surface area contributed by atoms with Gasteiger partial charge < -0.3 is 4.52 Å². The van der Waals surface area contributed by atoms with Crippen LogP contribution in [0, 0.1) is 0 Å². The van der Waals surface area contributed by atoms with E-state index in [0.717, 1.165) is 18.8 Å². The largest absolute Gasteiger partial charge is 0.441 e. The normalized spacial score (nSPS) is 21.7. The van der Waals surface area contributed by atoms with E-state index >= 15 is 0 Å². The molecule has 2 rings (SSSR count). The molecule has 0 saturated carbocycles. The highest BCUT2D eigenvalue weighted by atomic mass is 32.5. The first-order chi connectivity index (χ1) is 7.13. The van der Waals surface area contributed by atoms with Crippen molar-refractivity contribution in [2.75, 3.05) is 27.2 Å². The van der Waals surface area contributed by atoms with Gasteiger partial charge in [-0.2, -0.15) is 0 Å². The molecule has 1 aliphatic rings. The Morgan fingerprint density at radius 2 is 1.67 bits per heavy atom. The lowest BCUT2D eigenvalue weighted by Crippen LogP contribution is -2.17. The number of para-hydroxylation sites is 1. The van der Waals surface area contributed by atoms with Crippen LogP contribution < -0.4 is 4.52 Å². The first kappa shape index (κ1) is 11.1. The van der Waals surface area contributed by atoms with Crippen LogP contribution >= 0.6 is 6.57 Å². The molecule has 0 bridgehead atoms. The molecule has 0 radical (unpaired) electrons. The Labute approximate surface area is 95.8 Å². The fourth-order valence-corrected chi connectivity index (χ4v) is 4.19. The number of hydrogen-bond acceptors (Lipinski definition) is 2. The van der Waals surface area contributed by atoms with Crippen molar-refractivity contribution in [3.05, 3.63) is 30.3 Å². The van der Waals surface area contributed by atoms with E-state index in [4.69, 9.17) is 16.3 Å². The van der Waals surface area contributed by atoms with Crippen molar-refractivity contribution >= 4 is 18.4 Å². The third kappa shape index (κ3) is 2.08. The summed E-state index contributed by atoms with van der Waals surface area (Å²) in [7, 11) is 4.07. The van der Waals surface area contributed by atoms with E-state index in [2.05, 4.69) is 9.34 Å². The molecular weight excluding hydrogens is 227 g/mol. The summed E-state index contributed by atoms with van der Waals surface area (Å²) in [5, 5.41) is 0. The van der Waals surface area contributed by atoms with Crippen molar-refractivity contribution in [1.82, 2.24) is 9.34 Å². The summed E-state index contributed by atoms with van der Waals surface area (Å²) >= 11 is 5.63. The van der Waals surface area contributed by atoms with Crippen LogP contribution in [0.15, 0.2) is 30.3 Å². The predicted octanol–water partition coefficient (Wildman–Crippen LogP) is 2.17. The van der Waals surface area contributed by atoms with Crippen LogP contribution in [0.4, 0.5) is 0 Å². The smallest absolute Gasteiger partial charge is 0.252 e. The van der Waals surface area contributed by atoms with Crippen LogP contribution in [0.3, 0.4) is 0 Å². The molecule has 82 valence electrons. The molecule has 0 aromatic heterocycles. The van der Waals surface area contributed by atoms with Crippen molar-refractivity contribution < 1.29 is 4.52 Å². The molecule has 5 heteroatoms. The Morgan fingerprint density at radius 3 is 2.20 bits per heavy atom. The lowest BCUT2D eigenvalue weighted by Gasteiger charge is -2.29. The van der Waals surface area contributed by atoms with E-state index < -0.39 is 6.57 Å². The van der Waals surface area contributed by atoms with Crippen molar-refractivity contribution in [3.63, 3.8) is 0 Å². The van der Waals surface area contributed by atoms with Crippen molar-refractivity contribution in [1.29, 1.82) is 0 Å². The number of hydrogen-bond donors (Lipinski definition) is 0. The Morgan fingerprint density at radius 1 is 1.13 bits per heavy atom. The van der Waals surface area contributed by atoms with E-state index in [1.54, 1.807) is 0 Å². The van der Waals surface area contributed by atoms with E-state index in [9.17, 15) is 0 Å². The summed E-state index contributed by atoms with van der Waals surface area (Å²) in [6, 6.07) is 9.81. The zero-order valence-electron chi connectivity index (χ0n) is 8.96. The van der Waals surface area contributed by atoms with Crippen LogP contribution in [-0.4, -0.2) is 36.5 Å². The molecule has 1 aliphatic heterocycles. The number of nitrogens with zero attached hydrogens (tertiary/aromatic N) is 2. The average Bonchev–Trinajstić information content (AvgIpc) is 2.48. The van der Waals surface area contributed by atoms with Crippen LogP contribution in [0.1, 0.15) is 0 Å². The first-order valence-electron chi connectivity index (χ1n) is 4.91. The maximum atomic E-state index is 5.97. The maximum absolute atomic E-state index is 5.97. The van der Waals surface area contributed by atoms with Gasteiger partial charge in [0.05, 0.1) is 0 Å². The molecule has 15 heavy (non-hydrogen) atoms. The summed E-state index contributed by atoms with van der Waals surface area (Å²) in [6.07, 6.45) is 0. The van der Waals surface area contributed by atoms with Gasteiger partial charge in [0.2, 0.25) is 0 Å². The minimum Gasteiger partial charge on any atom is -0.441 e. The van der Waals surface area contributed by atoms with E-state index in [-0.39, 0.29) is 0 Å². The summed E-state index contributed by atoms with van der Waals surface area (Å²) in [4.78, 5) is 0. The number of rotatable bonds is 2. The monoisotopic (exact) mass is 242 g/mol. The second kappa shape index (κ2) is 4.22. The van der Waals surface area contributed by atoms with Crippen LogP contribution in [-0.2, 0) is 11.8 Å². The van der Waals surface area contributed by atoms with Crippen LogP contribution in [0.5, 0.6) is 5.75 Å². The molecule has 0 spiro atoms. The third-order valence-corrected chi connectivity index (χ3v) is 7.05. The Balaban J connectivity index is 2.21. The second-order valence-corrected chi connectivity index (χ2v) is 7.61. The number of likely N-dealkylation sites (N-methyl/N-ethyl adjacent to an activating group) is 2. The molecule has 0 amide bonds. The highest BCUT2D eigenvalue weighted by Gasteiger charge is 2.36. The van der Waals surface area contributed by atoms with Gasteiger partial charge in [0.15, 0.2) is 0 Å². The second-order valence-electron chi connectivity index (χ2n) is 3.66. The molecule has 1 saturated heterocycles. The van der Waals surface area contributed by atoms with Gasteiger partial charge in [0.25, 0.3) is 6.57 Å². The minimum absolute atomic E-state index is 0.862. The van der Waals surface area contributed by atoms with E-state index in [1.807, 2.05) is 44.4 Å². The van der Waals surface area contributed by atoms with Gasteiger partial charge in [-0.05, 0) is 38.0 Å². The molecule has 1 aromatic carbocycles. The molecule has 3 nitrogen and oxygen atoms in total. The Bertz CT molecular complexity index is 370. The first-order valence-corrected chi connectivity index (χ1v) is 7.53. The Kier molecular flexibility index (Phi) is 3.12. The van der Waals surface area contributed by atoms with Crippen molar-refractivity contribution in [3.8, 4) is 5.75 Å². The highest BCUT2D eigenvalue weighted by Crippen LogP contribution is 2.55. The van der Waals surface area contributed by atoms with Gasteiger partial charge in [-0.15, -0.1) is 0 Å². The molecule has 1 heterocycles. The minimum atomic E-state index is -1.97. The molecule has 0 N–H and O–H groups in total. The molecule has 1 aromatic rings. The molecular formula is C10H15N2OPS. The summed E-state index contributed by atoms with van der Waals surface area (Å²) in [5.74, 6) is 0.862. The van der Waals surface area contributed by atoms with Crippen molar-refractivity contribution in [2.24, 2.45) is 0 Å². The lowest BCUT2D eigenvalue weighted by atomic mass is 10.3. The maximum Gasteiger partial charge on any atom is 0.252 e.